The number of nitrogens with zero attached hydrogens (tertiary/aromatic N) is 1. The zero-order valence-corrected chi connectivity index (χ0v) is 31.4. The first-order valence-electron chi connectivity index (χ1n) is 18.2. The number of hydrogen-bond donors (Lipinski definition) is 6. The smallest absolute Gasteiger partial charge is 0.274 e. The second-order valence-electron chi connectivity index (χ2n) is 13.0. The van der Waals surface area contributed by atoms with Crippen molar-refractivity contribution in [3.8, 4) is 0 Å². The number of benzene rings is 4. The zero-order chi connectivity index (χ0) is 40.2. The van der Waals surface area contributed by atoms with E-state index in [-0.39, 0.29) is 68.9 Å². The fourth-order valence-corrected chi connectivity index (χ4v) is 5.41. The second-order valence-corrected chi connectivity index (χ2v) is 13.0. The number of amides is 6. The van der Waals surface area contributed by atoms with Gasteiger partial charge in [-0.05, 0) is 87.4 Å². The van der Waals surface area contributed by atoms with Gasteiger partial charge in [0.2, 0.25) is 0 Å². The zero-order valence-electron chi connectivity index (χ0n) is 31.4. The number of rotatable bonds is 14. The highest BCUT2D eigenvalue weighted by molar-refractivity contribution is 6.16. The van der Waals surface area contributed by atoms with Crippen LogP contribution >= 0.6 is 0 Å². The first kappa shape index (κ1) is 40.0. The molecule has 0 unspecified atom stereocenters. The predicted octanol–water partition coefficient (Wildman–Crippen LogP) is 7.15. The number of carbonyl (C=O) groups is 6. The molecule has 2 atom stereocenters. The monoisotopic (exact) mass is 753 g/mol. The van der Waals surface area contributed by atoms with Gasteiger partial charge in [-0.2, -0.15) is 0 Å². The average Bonchev–Trinajstić information content (AvgIpc) is 3.21. The lowest BCUT2D eigenvalue weighted by atomic mass is 10.1. The molecular weight excluding hydrogens is 711 g/mol. The Labute approximate surface area is 324 Å². The molecule has 0 saturated carbocycles. The maximum Gasteiger partial charge on any atom is 0.274 e. The van der Waals surface area contributed by atoms with Crippen LogP contribution in [-0.2, 0) is 0 Å². The van der Waals surface area contributed by atoms with E-state index < -0.39 is 23.6 Å². The molecule has 0 aliphatic carbocycles. The van der Waals surface area contributed by atoms with Gasteiger partial charge < -0.3 is 31.9 Å². The van der Waals surface area contributed by atoms with Crippen molar-refractivity contribution in [3.63, 3.8) is 0 Å². The highest BCUT2D eigenvalue weighted by Crippen LogP contribution is 2.23. The van der Waals surface area contributed by atoms with Crippen molar-refractivity contribution in [3.05, 3.63) is 149 Å². The van der Waals surface area contributed by atoms with Crippen LogP contribution in [0.25, 0.3) is 0 Å². The van der Waals surface area contributed by atoms with Gasteiger partial charge in [-0.3, -0.25) is 28.8 Å². The van der Waals surface area contributed by atoms with Crippen LogP contribution in [0.2, 0.25) is 0 Å². The molecule has 1 heterocycles. The molecule has 13 heteroatoms. The van der Waals surface area contributed by atoms with E-state index in [2.05, 4.69) is 36.9 Å². The van der Waals surface area contributed by atoms with Crippen molar-refractivity contribution in [2.24, 2.45) is 0 Å². The van der Waals surface area contributed by atoms with E-state index in [0.717, 1.165) is 12.8 Å². The summed E-state index contributed by atoms with van der Waals surface area (Å²) in [5.41, 5.74) is 1.55. The molecule has 0 radical (unpaired) electrons. The Morgan fingerprint density at radius 1 is 0.411 bits per heavy atom. The lowest BCUT2D eigenvalue weighted by Gasteiger charge is -2.16. The molecule has 5 rings (SSSR count). The number of para-hydroxylation sites is 4. The lowest BCUT2D eigenvalue weighted by Crippen LogP contribution is -2.32. The Morgan fingerprint density at radius 2 is 0.696 bits per heavy atom. The van der Waals surface area contributed by atoms with E-state index in [4.69, 9.17) is 0 Å². The normalized spacial score (nSPS) is 11.6. The maximum atomic E-state index is 13.5. The van der Waals surface area contributed by atoms with Gasteiger partial charge in [0.05, 0.1) is 45.0 Å². The molecule has 0 saturated heterocycles. The third-order valence-corrected chi connectivity index (χ3v) is 8.87. The van der Waals surface area contributed by atoms with Crippen LogP contribution in [0.4, 0.5) is 22.7 Å². The van der Waals surface area contributed by atoms with Crippen LogP contribution in [0.3, 0.4) is 0 Å². The molecule has 0 aliphatic rings. The van der Waals surface area contributed by atoms with Crippen LogP contribution < -0.4 is 31.9 Å². The van der Waals surface area contributed by atoms with E-state index in [1.807, 2.05) is 27.7 Å². The molecule has 5 aromatic rings. The van der Waals surface area contributed by atoms with Crippen LogP contribution in [0, 0.1) is 0 Å². The molecule has 56 heavy (non-hydrogen) atoms. The van der Waals surface area contributed by atoms with E-state index in [0.29, 0.717) is 11.4 Å². The van der Waals surface area contributed by atoms with Gasteiger partial charge in [0.1, 0.15) is 11.4 Å². The number of pyridine rings is 1. The van der Waals surface area contributed by atoms with Gasteiger partial charge in [-0.25, -0.2) is 4.98 Å². The highest BCUT2D eigenvalue weighted by Gasteiger charge is 2.21. The van der Waals surface area contributed by atoms with Crippen molar-refractivity contribution in [1.29, 1.82) is 0 Å². The molecular formula is C43H43N7O6. The number of anilines is 4. The van der Waals surface area contributed by atoms with E-state index in [1.54, 1.807) is 84.9 Å². The molecule has 13 nitrogen and oxygen atoms in total. The minimum absolute atomic E-state index is 0.0625. The molecule has 6 amide bonds. The first-order chi connectivity index (χ1) is 27.0. The van der Waals surface area contributed by atoms with E-state index >= 15 is 0 Å². The Balaban J connectivity index is 1.29. The fraction of sp³-hybridized carbons (Fsp3) is 0.186. The molecule has 4 aromatic carbocycles. The SMILES string of the molecule is CC[C@H](C)NC(=O)c1ccccc1NC(=O)c1ccccc1NC(=O)c1cccc(C(=O)Nc2ccccc2C(=O)Nc2ccccc2C(=O)N[C@@H](C)CC)n1. The van der Waals surface area contributed by atoms with Gasteiger partial charge in [0.15, 0.2) is 0 Å². The van der Waals surface area contributed by atoms with Crippen molar-refractivity contribution < 1.29 is 28.8 Å². The topological polar surface area (TPSA) is 187 Å². The third kappa shape index (κ3) is 10.1. The summed E-state index contributed by atoms with van der Waals surface area (Å²) < 4.78 is 0. The molecule has 0 bridgehead atoms. The fourth-order valence-electron chi connectivity index (χ4n) is 5.41. The average molecular weight is 754 g/mol. The highest BCUT2D eigenvalue weighted by atomic mass is 16.2. The summed E-state index contributed by atoms with van der Waals surface area (Å²) in [5.74, 6) is -3.17. The Kier molecular flexibility index (Phi) is 13.4. The van der Waals surface area contributed by atoms with E-state index in [9.17, 15) is 28.8 Å². The van der Waals surface area contributed by atoms with Crippen LogP contribution in [0.5, 0.6) is 0 Å². The van der Waals surface area contributed by atoms with Crippen molar-refractivity contribution >= 4 is 58.2 Å². The summed E-state index contributed by atoms with van der Waals surface area (Å²) >= 11 is 0. The Morgan fingerprint density at radius 3 is 1.02 bits per heavy atom. The molecule has 286 valence electrons. The first-order valence-corrected chi connectivity index (χ1v) is 18.2. The summed E-state index contributed by atoms with van der Waals surface area (Å²) in [6.45, 7) is 7.68. The summed E-state index contributed by atoms with van der Waals surface area (Å²) in [6.07, 6.45) is 1.47. The number of nitrogens with one attached hydrogen (secondary N) is 6. The van der Waals surface area contributed by atoms with Gasteiger partial charge >= 0.3 is 0 Å². The molecule has 0 spiro atoms. The van der Waals surface area contributed by atoms with Crippen molar-refractivity contribution in [2.75, 3.05) is 21.3 Å². The quantitative estimate of drug-likeness (QED) is 0.0695. The molecule has 0 aliphatic heterocycles. The van der Waals surface area contributed by atoms with Crippen LogP contribution in [0.15, 0.2) is 115 Å². The number of aromatic nitrogens is 1. The Hall–Kier alpha value is -7.15. The largest absolute Gasteiger partial charge is 0.350 e. The van der Waals surface area contributed by atoms with Gasteiger partial charge in [0.25, 0.3) is 35.4 Å². The van der Waals surface area contributed by atoms with E-state index in [1.165, 1.54) is 30.3 Å². The van der Waals surface area contributed by atoms with Gasteiger partial charge in [-0.1, -0.05) is 68.4 Å². The number of hydrogen-bond acceptors (Lipinski definition) is 7. The standard InChI is InChI=1S/C43H43N7O6/c1-5-26(3)44-38(51)28-16-7-11-20-32(28)47-40(53)30-18-9-13-22-34(30)49-42(55)36-24-15-25-37(46-36)43(56)50-35-23-14-10-19-31(35)41(54)48-33-21-12-8-17-29(33)39(52)45-27(4)6-2/h7-27H,5-6H2,1-4H3,(H,44,51)(H,45,52)(H,47,53)(H,48,54)(H,49,55)(H,50,56)/t26-,27-/m0/s1. The van der Waals surface area contributed by atoms with Crippen LogP contribution in [0.1, 0.15) is 103 Å². The molecule has 6 N–H and O–H groups in total. The van der Waals surface area contributed by atoms with Gasteiger partial charge in [0, 0.05) is 12.1 Å². The van der Waals surface area contributed by atoms with Crippen molar-refractivity contribution in [2.45, 2.75) is 52.6 Å². The third-order valence-electron chi connectivity index (χ3n) is 8.87. The molecule has 0 fully saturated rings. The van der Waals surface area contributed by atoms with Gasteiger partial charge in [-0.15, -0.1) is 0 Å². The summed E-state index contributed by atoms with van der Waals surface area (Å²) in [4.78, 5) is 83.9. The maximum absolute atomic E-state index is 13.5. The summed E-state index contributed by atoms with van der Waals surface area (Å²) in [5, 5.41) is 16.7. The Bertz CT molecular complexity index is 2120. The van der Waals surface area contributed by atoms with Crippen molar-refractivity contribution in [1.82, 2.24) is 15.6 Å². The minimum atomic E-state index is -0.691. The lowest BCUT2D eigenvalue weighted by molar-refractivity contribution is 0.0930. The summed E-state index contributed by atoms with van der Waals surface area (Å²) in [6, 6.07) is 30.1. The summed E-state index contributed by atoms with van der Waals surface area (Å²) in [7, 11) is 0. The van der Waals surface area contributed by atoms with Crippen LogP contribution in [-0.4, -0.2) is 52.5 Å². The minimum Gasteiger partial charge on any atom is -0.350 e. The molecule has 1 aromatic heterocycles. The number of carbonyl (C=O) groups excluding carboxylic acids is 6. The second kappa shape index (κ2) is 18.7. The predicted molar refractivity (Wildman–Crippen MR) is 216 cm³/mol.